The first kappa shape index (κ1) is 18.3. The van der Waals surface area contributed by atoms with Crippen LogP contribution < -0.4 is 10.1 Å². The fourth-order valence-electron chi connectivity index (χ4n) is 3.88. The molecule has 2 saturated heterocycles. The number of hydrogen-bond donors (Lipinski definition) is 1. The number of hydrogen-bond acceptors (Lipinski definition) is 3. The Morgan fingerprint density at radius 3 is 2.84 bits per heavy atom. The zero-order valence-corrected chi connectivity index (χ0v) is 16.1. The lowest BCUT2D eigenvalue weighted by molar-refractivity contribution is 0.281. The lowest BCUT2D eigenvalue weighted by Crippen LogP contribution is -2.40. The number of rotatable bonds is 5. The Hall–Kier alpha value is -1.46. The molecule has 6 heteroatoms. The number of likely N-dealkylation sites (tertiary alicyclic amines) is 2. The van der Waals surface area contributed by atoms with Gasteiger partial charge in [-0.1, -0.05) is 17.7 Å². The summed E-state index contributed by atoms with van der Waals surface area (Å²) in [4.78, 5) is 9.47. The van der Waals surface area contributed by atoms with Gasteiger partial charge in [0.2, 0.25) is 0 Å². The molecule has 0 saturated carbocycles. The second kappa shape index (κ2) is 8.77. The summed E-state index contributed by atoms with van der Waals surface area (Å²) in [5.41, 5.74) is 1.08. The smallest absolute Gasteiger partial charge is 0.193 e. The van der Waals surface area contributed by atoms with Crippen molar-refractivity contribution < 1.29 is 4.74 Å². The Labute approximate surface area is 156 Å². The summed E-state index contributed by atoms with van der Waals surface area (Å²) in [5.74, 6) is 2.53. The Morgan fingerprint density at radius 1 is 1.32 bits per heavy atom. The van der Waals surface area contributed by atoms with E-state index in [1.54, 1.807) is 7.11 Å². The molecule has 2 aliphatic heterocycles. The molecular weight excluding hydrogens is 336 g/mol. The molecule has 1 atom stereocenters. The van der Waals surface area contributed by atoms with Crippen molar-refractivity contribution in [1.82, 2.24) is 15.1 Å². The van der Waals surface area contributed by atoms with Crippen LogP contribution in [0, 0.1) is 5.92 Å². The normalized spacial score (nSPS) is 21.8. The fraction of sp³-hybridized carbons (Fsp3) is 0.632. The van der Waals surface area contributed by atoms with Gasteiger partial charge in [-0.05, 0) is 50.4 Å². The highest BCUT2D eigenvalue weighted by atomic mass is 35.5. The topological polar surface area (TPSA) is 40.1 Å². The average molecular weight is 365 g/mol. The third kappa shape index (κ3) is 4.79. The van der Waals surface area contributed by atoms with Crippen LogP contribution in [-0.2, 0) is 6.54 Å². The molecular formula is C19H29ClN4O. The van der Waals surface area contributed by atoms with Crippen LogP contribution in [0.5, 0.6) is 5.75 Å². The Bertz CT molecular complexity index is 601. The van der Waals surface area contributed by atoms with Gasteiger partial charge in [0.15, 0.2) is 5.96 Å². The van der Waals surface area contributed by atoms with E-state index in [0.29, 0.717) is 11.6 Å². The second-order valence-corrected chi connectivity index (χ2v) is 7.40. The van der Waals surface area contributed by atoms with E-state index in [1.165, 1.54) is 38.9 Å². The van der Waals surface area contributed by atoms with Crippen LogP contribution in [0.15, 0.2) is 23.2 Å². The second-order valence-electron chi connectivity index (χ2n) is 6.97. The van der Waals surface area contributed by atoms with Crippen molar-refractivity contribution in [1.29, 1.82) is 0 Å². The van der Waals surface area contributed by atoms with Gasteiger partial charge in [0, 0.05) is 43.8 Å². The summed E-state index contributed by atoms with van der Waals surface area (Å²) in [5, 5.41) is 4.16. The third-order valence-electron chi connectivity index (χ3n) is 5.20. The van der Waals surface area contributed by atoms with Crippen molar-refractivity contribution in [3.8, 4) is 5.75 Å². The van der Waals surface area contributed by atoms with Gasteiger partial charge in [0.25, 0.3) is 0 Å². The van der Waals surface area contributed by atoms with Gasteiger partial charge >= 0.3 is 0 Å². The number of nitrogens with one attached hydrogen (secondary N) is 1. The van der Waals surface area contributed by atoms with Crippen LogP contribution in [0.2, 0.25) is 5.02 Å². The number of nitrogens with zero attached hydrogens (tertiary/aromatic N) is 3. The summed E-state index contributed by atoms with van der Waals surface area (Å²) < 4.78 is 5.43. The molecule has 0 radical (unpaired) electrons. The lowest BCUT2D eigenvalue weighted by atomic mass is 10.1. The van der Waals surface area contributed by atoms with E-state index in [2.05, 4.69) is 20.1 Å². The quantitative estimate of drug-likeness (QED) is 0.644. The van der Waals surface area contributed by atoms with E-state index >= 15 is 0 Å². The van der Waals surface area contributed by atoms with Crippen molar-refractivity contribution in [3.63, 3.8) is 0 Å². The SMILES string of the molecule is CN=C(NCc1ccc(Cl)cc1OC)N1CCC(CN2CCCC2)C1. The standard InChI is InChI=1S/C19H29ClN4O/c1-21-19(22-12-16-5-6-17(20)11-18(16)25-2)24-10-7-15(14-24)13-23-8-3-4-9-23/h5-6,11,15H,3-4,7-10,12-14H2,1-2H3,(H,21,22). The molecule has 138 valence electrons. The van der Waals surface area contributed by atoms with E-state index in [-0.39, 0.29) is 0 Å². The van der Waals surface area contributed by atoms with Crippen LogP contribution in [0.25, 0.3) is 0 Å². The summed E-state index contributed by atoms with van der Waals surface area (Å²) in [7, 11) is 3.53. The van der Waals surface area contributed by atoms with Gasteiger partial charge in [-0.25, -0.2) is 0 Å². The molecule has 2 fully saturated rings. The van der Waals surface area contributed by atoms with Crippen molar-refractivity contribution in [2.24, 2.45) is 10.9 Å². The molecule has 1 aromatic carbocycles. The Kier molecular flexibility index (Phi) is 6.43. The molecule has 5 nitrogen and oxygen atoms in total. The maximum Gasteiger partial charge on any atom is 0.193 e. The first-order valence-corrected chi connectivity index (χ1v) is 9.57. The average Bonchev–Trinajstić information content (AvgIpc) is 3.29. The van der Waals surface area contributed by atoms with E-state index in [9.17, 15) is 0 Å². The van der Waals surface area contributed by atoms with Crippen molar-refractivity contribution in [2.75, 3.05) is 46.9 Å². The predicted octanol–water partition coefficient (Wildman–Crippen LogP) is 2.84. The summed E-state index contributed by atoms with van der Waals surface area (Å²) in [6.45, 7) is 6.64. The number of benzene rings is 1. The van der Waals surface area contributed by atoms with E-state index in [0.717, 1.165) is 36.3 Å². The van der Waals surface area contributed by atoms with Crippen LogP contribution in [-0.4, -0.2) is 62.6 Å². The summed E-state index contributed by atoms with van der Waals surface area (Å²) >= 11 is 6.04. The minimum atomic E-state index is 0.681. The van der Waals surface area contributed by atoms with Gasteiger partial charge in [-0.2, -0.15) is 0 Å². The zero-order chi connectivity index (χ0) is 17.6. The Morgan fingerprint density at radius 2 is 2.12 bits per heavy atom. The molecule has 0 aromatic heterocycles. The van der Waals surface area contributed by atoms with Crippen molar-refractivity contribution in [3.05, 3.63) is 28.8 Å². The van der Waals surface area contributed by atoms with Crippen LogP contribution >= 0.6 is 11.6 Å². The highest BCUT2D eigenvalue weighted by Gasteiger charge is 2.27. The molecule has 2 heterocycles. The fourth-order valence-corrected chi connectivity index (χ4v) is 4.04. The molecule has 1 N–H and O–H groups in total. The van der Waals surface area contributed by atoms with E-state index < -0.39 is 0 Å². The van der Waals surface area contributed by atoms with E-state index in [1.807, 2.05) is 25.2 Å². The number of guanidine groups is 1. The molecule has 0 spiro atoms. The Balaban J connectivity index is 1.53. The van der Waals surface area contributed by atoms with Crippen molar-refractivity contribution in [2.45, 2.75) is 25.8 Å². The number of methoxy groups -OCH3 is 1. The van der Waals surface area contributed by atoms with Crippen LogP contribution in [0.1, 0.15) is 24.8 Å². The number of ether oxygens (including phenoxy) is 1. The first-order valence-electron chi connectivity index (χ1n) is 9.20. The van der Waals surface area contributed by atoms with Gasteiger partial charge in [0.1, 0.15) is 5.75 Å². The van der Waals surface area contributed by atoms with Gasteiger partial charge in [-0.15, -0.1) is 0 Å². The first-order chi connectivity index (χ1) is 12.2. The molecule has 25 heavy (non-hydrogen) atoms. The van der Waals surface area contributed by atoms with Gasteiger partial charge in [-0.3, -0.25) is 4.99 Å². The number of halogens is 1. The molecule has 3 rings (SSSR count). The van der Waals surface area contributed by atoms with Crippen LogP contribution in [0.3, 0.4) is 0 Å². The van der Waals surface area contributed by atoms with E-state index in [4.69, 9.17) is 16.3 Å². The molecule has 0 aliphatic carbocycles. The maximum atomic E-state index is 6.04. The molecule has 2 aliphatic rings. The highest BCUT2D eigenvalue weighted by molar-refractivity contribution is 6.30. The highest BCUT2D eigenvalue weighted by Crippen LogP contribution is 2.23. The van der Waals surface area contributed by atoms with Crippen molar-refractivity contribution >= 4 is 17.6 Å². The van der Waals surface area contributed by atoms with Gasteiger partial charge in [0.05, 0.1) is 7.11 Å². The zero-order valence-electron chi connectivity index (χ0n) is 15.3. The van der Waals surface area contributed by atoms with Gasteiger partial charge < -0.3 is 19.9 Å². The lowest BCUT2D eigenvalue weighted by Gasteiger charge is -2.23. The minimum Gasteiger partial charge on any atom is -0.496 e. The maximum absolute atomic E-state index is 6.04. The summed E-state index contributed by atoms with van der Waals surface area (Å²) in [6, 6.07) is 5.75. The molecule has 0 bridgehead atoms. The molecule has 0 amide bonds. The third-order valence-corrected chi connectivity index (χ3v) is 5.43. The molecule has 1 aromatic rings. The minimum absolute atomic E-state index is 0.681. The number of aliphatic imine (C=N–C) groups is 1. The van der Waals surface area contributed by atoms with Crippen LogP contribution in [0.4, 0.5) is 0 Å². The monoisotopic (exact) mass is 364 g/mol. The largest absolute Gasteiger partial charge is 0.496 e. The summed E-state index contributed by atoms with van der Waals surface area (Å²) in [6.07, 6.45) is 3.98. The predicted molar refractivity (Wildman–Crippen MR) is 104 cm³/mol. The molecule has 1 unspecified atom stereocenters.